The average Bonchev–Trinajstić information content (AvgIpc) is 2.73. The Bertz CT molecular complexity index is 1300. The summed E-state index contributed by atoms with van der Waals surface area (Å²) in [6.07, 6.45) is 1.40. The number of para-hydroxylation sites is 1. The number of nitrogens with two attached hydrogens (primary N) is 1. The fraction of sp³-hybridized carbons (Fsp3) is 0.130. The molecule has 7 nitrogen and oxygen atoms in total. The minimum absolute atomic E-state index is 0.198. The summed E-state index contributed by atoms with van der Waals surface area (Å²) < 4.78 is 5.03. The maximum Gasteiger partial charge on any atom is 0.341 e. The van der Waals surface area contributed by atoms with E-state index in [1.54, 1.807) is 31.2 Å². The van der Waals surface area contributed by atoms with Crippen molar-refractivity contribution in [1.29, 1.82) is 0 Å². The molecule has 7 heteroatoms. The van der Waals surface area contributed by atoms with Gasteiger partial charge in [-0.1, -0.05) is 18.2 Å². The van der Waals surface area contributed by atoms with Gasteiger partial charge in [0, 0.05) is 28.4 Å². The van der Waals surface area contributed by atoms with Gasteiger partial charge >= 0.3 is 5.97 Å². The molecule has 4 rings (SSSR count). The largest absolute Gasteiger partial charge is 0.462 e. The van der Waals surface area contributed by atoms with E-state index in [-0.39, 0.29) is 23.8 Å². The molecule has 2 aromatic carbocycles. The molecule has 0 unspecified atom stereocenters. The SMILES string of the molecule is CCOC(=O)c1cnc2ccc(NC(=O)c3cc(C)nc4ccccc34)cc2c1N. The number of ether oxygens (including phenoxy) is 1. The summed E-state index contributed by atoms with van der Waals surface area (Å²) >= 11 is 0. The minimum atomic E-state index is -0.530. The molecule has 0 saturated heterocycles. The Kier molecular flexibility index (Phi) is 5.02. The Morgan fingerprint density at radius 3 is 2.63 bits per heavy atom. The first-order valence-corrected chi connectivity index (χ1v) is 9.51. The van der Waals surface area contributed by atoms with E-state index in [0.717, 1.165) is 16.6 Å². The summed E-state index contributed by atoms with van der Waals surface area (Å²) in [6, 6.07) is 14.4. The van der Waals surface area contributed by atoms with Crippen LogP contribution >= 0.6 is 0 Å². The van der Waals surface area contributed by atoms with Crippen LogP contribution in [0.5, 0.6) is 0 Å². The highest BCUT2D eigenvalue weighted by atomic mass is 16.5. The molecule has 2 aromatic heterocycles. The number of carbonyl (C=O) groups excluding carboxylic acids is 2. The average molecular weight is 400 g/mol. The van der Waals surface area contributed by atoms with Gasteiger partial charge in [0.2, 0.25) is 0 Å². The molecule has 0 radical (unpaired) electrons. The van der Waals surface area contributed by atoms with Crippen molar-refractivity contribution in [3.8, 4) is 0 Å². The summed E-state index contributed by atoms with van der Waals surface area (Å²) in [5, 5.41) is 4.24. The molecule has 0 aliphatic heterocycles. The van der Waals surface area contributed by atoms with Gasteiger partial charge in [0.1, 0.15) is 5.56 Å². The Hall–Kier alpha value is -4.00. The van der Waals surface area contributed by atoms with Crippen molar-refractivity contribution < 1.29 is 14.3 Å². The van der Waals surface area contributed by atoms with Crippen LogP contribution in [0.2, 0.25) is 0 Å². The van der Waals surface area contributed by atoms with Crippen molar-refractivity contribution in [2.24, 2.45) is 0 Å². The number of fused-ring (bicyclic) bond motifs is 2. The van der Waals surface area contributed by atoms with Gasteiger partial charge in [-0.3, -0.25) is 14.8 Å². The molecule has 0 aliphatic rings. The maximum absolute atomic E-state index is 13.0. The number of aromatic nitrogens is 2. The molecule has 2 heterocycles. The van der Waals surface area contributed by atoms with Crippen molar-refractivity contribution in [2.75, 3.05) is 17.7 Å². The molecule has 4 aromatic rings. The third-order valence-electron chi connectivity index (χ3n) is 4.75. The predicted octanol–water partition coefficient (Wildman–Crippen LogP) is 4.10. The molecule has 0 aliphatic carbocycles. The molecular formula is C23H20N4O3. The molecular weight excluding hydrogens is 380 g/mol. The van der Waals surface area contributed by atoms with Gasteiger partial charge in [-0.05, 0) is 44.2 Å². The smallest absolute Gasteiger partial charge is 0.341 e. The van der Waals surface area contributed by atoms with Crippen molar-refractivity contribution in [1.82, 2.24) is 9.97 Å². The lowest BCUT2D eigenvalue weighted by Crippen LogP contribution is -2.13. The number of benzene rings is 2. The van der Waals surface area contributed by atoms with Gasteiger partial charge < -0.3 is 15.8 Å². The zero-order chi connectivity index (χ0) is 21.3. The number of hydrogen-bond donors (Lipinski definition) is 2. The lowest BCUT2D eigenvalue weighted by Gasteiger charge is -2.11. The summed E-state index contributed by atoms with van der Waals surface area (Å²) in [5.41, 5.74) is 9.86. The fourth-order valence-electron chi connectivity index (χ4n) is 3.36. The van der Waals surface area contributed by atoms with Crippen LogP contribution in [-0.2, 0) is 4.74 Å². The van der Waals surface area contributed by atoms with Gasteiger partial charge in [0.05, 0.1) is 28.9 Å². The van der Waals surface area contributed by atoms with E-state index in [1.165, 1.54) is 6.20 Å². The Labute approximate surface area is 172 Å². The molecule has 3 N–H and O–H groups in total. The first-order chi connectivity index (χ1) is 14.5. The zero-order valence-electron chi connectivity index (χ0n) is 16.6. The third kappa shape index (κ3) is 3.53. The second-order valence-electron chi connectivity index (χ2n) is 6.82. The molecule has 0 atom stereocenters. The van der Waals surface area contributed by atoms with E-state index in [1.807, 2.05) is 31.2 Å². The highest BCUT2D eigenvalue weighted by molar-refractivity contribution is 6.13. The van der Waals surface area contributed by atoms with Crippen molar-refractivity contribution >= 4 is 45.1 Å². The number of nitrogens with zero attached hydrogens (tertiary/aromatic N) is 2. The molecule has 30 heavy (non-hydrogen) atoms. The molecule has 0 bridgehead atoms. The molecule has 0 saturated carbocycles. The van der Waals surface area contributed by atoms with Crippen LogP contribution in [0.1, 0.15) is 33.3 Å². The van der Waals surface area contributed by atoms with Gasteiger partial charge in [0.15, 0.2) is 0 Å². The van der Waals surface area contributed by atoms with Crippen LogP contribution in [0.25, 0.3) is 21.8 Å². The van der Waals surface area contributed by atoms with Crippen LogP contribution < -0.4 is 11.1 Å². The first-order valence-electron chi connectivity index (χ1n) is 9.51. The number of esters is 1. The van der Waals surface area contributed by atoms with Crippen LogP contribution in [-0.4, -0.2) is 28.5 Å². The van der Waals surface area contributed by atoms with Gasteiger partial charge in [-0.15, -0.1) is 0 Å². The first kappa shape index (κ1) is 19.3. The van der Waals surface area contributed by atoms with Crippen LogP contribution in [0.4, 0.5) is 11.4 Å². The second kappa shape index (κ2) is 7.79. The number of hydrogen-bond acceptors (Lipinski definition) is 6. The number of pyridine rings is 2. The molecule has 0 spiro atoms. The maximum atomic E-state index is 13.0. The number of amides is 1. The van der Waals surface area contributed by atoms with Gasteiger partial charge in [0.25, 0.3) is 5.91 Å². The molecule has 0 fully saturated rings. The van der Waals surface area contributed by atoms with E-state index in [0.29, 0.717) is 22.2 Å². The highest BCUT2D eigenvalue weighted by Gasteiger charge is 2.16. The molecule has 1 amide bonds. The number of rotatable bonds is 4. The lowest BCUT2D eigenvalue weighted by atomic mass is 10.1. The number of aryl methyl sites for hydroxylation is 1. The lowest BCUT2D eigenvalue weighted by molar-refractivity contribution is 0.0527. The Balaban J connectivity index is 1.71. The number of carbonyl (C=O) groups is 2. The van der Waals surface area contributed by atoms with Crippen molar-refractivity contribution in [3.63, 3.8) is 0 Å². The van der Waals surface area contributed by atoms with Crippen LogP contribution in [0, 0.1) is 6.92 Å². The second-order valence-corrected chi connectivity index (χ2v) is 6.82. The highest BCUT2D eigenvalue weighted by Crippen LogP contribution is 2.27. The third-order valence-corrected chi connectivity index (χ3v) is 4.75. The van der Waals surface area contributed by atoms with Crippen LogP contribution in [0.3, 0.4) is 0 Å². The van der Waals surface area contributed by atoms with Crippen LogP contribution in [0.15, 0.2) is 54.7 Å². The van der Waals surface area contributed by atoms with Gasteiger partial charge in [-0.25, -0.2) is 4.79 Å². The van der Waals surface area contributed by atoms with Crippen molar-refractivity contribution in [2.45, 2.75) is 13.8 Å². The fourth-order valence-corrected chi connectivity index (χ4v) is 3.36. The Morgan fingerprint density at radius 2 is 1.83 bits per heavy atom. The standard InChI is InChI=1S/C23H20N4O3/c1-3-30-23(29)18-12-25-19-9-8-14(11-17(19)21(18)24)27-22(28)16-10-13(2)26-20-7-5-4-6-15(16)20/h4-12H,3H2,1-2H3,(H2,24,25)(H,27,28). The topological polar surface area (TPSA) is 107 Å². The number of nitrogen functional groups attached to an aromatic ring is 1. The minimum Gasteiger partial charge on any atom is -0.462 e. The van der Waals surface area contributed by atoms with Crippen molar-refractivity contribution in [3.05, 3.63) is 71.5 Å². The van der Waals surface area contributed by atoms with E-state index < -0.39 is 5.97 Å². The number of anilines is 2. The zero-order valence-corrected chi connectivity index (χ0v) is 16.6. The summed E-state index contributed by atoms with van der Waals surface area (Å²) in [6.45, 7) is 3.81. The van der Waals surface area contributed by atoms with E-state index in [4.69, 9.17) is 10.5 Å². The van der Waals surface area contributed by atoms with E-state index in [2.05, 4.69) is 15.3 Å². The summed E-state index contributed by atoms with van der Waals surface area (Å²) in [4.78, 5) is 33.8. The number of nitrogens with one attached hydrogen (secondary N) is 1. The summed E-state index contributed by atoms with van der Waals surface area (Å²) in [5.74, 6) is -0.790. The summed E-state index contributed by atoms with van der Waals surface area (Å²) in [7, 11) is 0. The van der Waals surface area contributed by atoms with E-state index in [9.17, 15) is 9.59 Å². The predicted molar refractivity (Wildman–Crippen MR) is 117 cm³/mol. The van der Waals surface area contributed by atoms with E-state index >= 15 is 0 Å². The Morgan fingerprint density at radius 1 is 1.03 bits per heavy atom. The quantitative estimate of drug-likeness (QED) is 0.499. The normalized spacial score (nSPS) is 10.9. The van der Waals surface area contributed by atoms with Gasteiger partial charge in [-0.2, -0.15) is 0 Å². The monoisotopic (exact) mass is 400 g/mol. The molecule has 150 valence electrons.